The maximum absolute atomic E-state index is 12.6. The molecule has 2 atom stereocenters. The zero-order valence-electron chi connectivity index (χ0n) is 55.8. The highest BCUT2D eigenvalue weighted by Crippen LogP contribution is 2.20. The standard InChI is InChI=1S/C76H147NO5/c1-3-5-7-9-11-13-15-17-19-21-22-31-34-37-40-44-48-52-56-60-64-68-74(79)73(72-78)77-75(80)69-65-61-57-53-49-45-41-38-35-32-29-27-25-23-24-26-28-30-33-36-39-43-47-51-55-59-63-67-71-82-76(81)70-66-62-58-54-50-46-42-20-18-16-14-12-10-8-6-4-2/h14,16,20,42,73-74,78-79H,3-13,15,17-19,21-41,43-72H2,1-2H3,(H,77,80)/b16-14-,42-20-. The van der Waals surface area contributed by atoms with E-state index in [4.69, 9.17) is 4.74 Å². The predicted molar refractivity (Wildman–Crippen MR) is 361 cm³/mol. The molecule has 0 heterocycles. The van der Waals surface area contributed by atoms with Gasteiger partial charge in [-0.3, -0.25) is 9.59 Å². The molecular weight excluding hydrogens is 1010 g/mol. The molecule has 0 aliphatic rings. The molecule has 0 aliphatic carbocycles. The van der Waals surface area contributed by atoms with Crippen LogP contribution >= 0.6 is 0 Å². The molecule has 0 aromatic rings. The topological polar surface area (TPSA) is 95.9 Å². The molecule has 0 aromatic heterocycles. The first-order valence-electron chi connectivity index (χ1n) is 37.6. The second-order valence-corrected chi connectivity index (χ2v) is 26.0. The van der Waals surface area contributed by atoms with Crippen LogP contribution in [-0.2, 0) is 14.3 Å². The molecule has 0 saturated heterocycles. The number of hydrogen-bond donors (Lipinski definition) is 3. The fraction of sp³-hybridized carbons (Fsp3) is 0.921. The Morgan fingerprint density at radius 3 is 0.939 bits per heavy atom. The summed E-state index contributed by atoms with van der Waals surface area (Å²) < 4.78 is 5.50. The lowest BCUT2D eigenvalue weighted by atomic mass is 10.0. The van der Waals surface area contributed by atoms with Crippen molar-refractivity contribution in [3.05, 3.63) is 24.3 Å². The van der Waals surface area contributed by atoms with E-state index in [0.29, 0.717) is 25.9 Å². The van der Waals surface area contributed by atoms with Crippen LogP contribution in [-0.4, -0.2) is 47.4 Å². The number of carbonyl (C=O) groups is 2. The molecule has 486 valence electrons. The molecule has 0 aromatic carbocycles. The van der Waals surface area contributed by atoms with Gasteiger partial charge >= 0.3 is 5.97 Å². The van der Waals surface area contributed by atoms with Crippen molar-refractivity contribution in [2.45, 2.75) is 437 Å². The summed E-state index contributed by atoms with van der Waals surface area (Å²) in [5.41, 5.74) is 0. The Labute approximate surface area is 513 Å². The van der Waals surface area contributed by atoms with E-state index in [1.165, 1.54) is 340 Å². The maximum atomic E-state index is 12.6. The van der Waals surface area contributed by atoms with Gasteiger partial charge in [0.25, 0.3) is 0 Å². The fourth-order valence-corrected chi connectivity index (χ4v) is 12.0. The number of unbranched alkanes of at least 4 members (excludes halogenated alkanes) is 56. The minimum atomic E-state index is -0.663. The molecule has 82 heavy (non-hydrogen) atoms. The largest absolute Gasteiger partial charge is 0.466 e. The van der Waals surface area contributed by atoms with Gasteiger partial charge < -0.3 is 20.3 Å². The van der Waals surface area contributed by atoms with Crippen molar-refractivity contribution in [2.75, 3.05) is 13.2 Å². The number of allylic oxidation sites excluding steroid dienone is 4. The Morgan fingerprint density at radius 2 is 0.610 bits per heavy atom. The normalized spacial score (nSPS) is 12.6. The number of rotatable bonds is 71. The number of ether oxygens (including phenoxy) is 1. The molecule has 0 spiro atoms. The number of aliphatic hydroxyl groups is 2. The Bertz CT molecular complexity index is 1280. The van der Waals surface area contributed by atoms with E-state index in [0.717, 1.165) is 51.4 Å². The molecule has 0 fully saturated rings. The van der Waals surface area contributed by atoms with Crippen LogP contribution in [0, 0.1) is 0 Å². The lowest BCUT2D eigenvalue weighted by Gasteiger charge is -2.22. The third-order valence-electron chi connectivity index (χ3n) is 17.8. The van der Waals surface area contributed by atoms with Crippen LogP contribution in [0.3, 0.4) is 0 Å². The first kappa shape index (κ1) is 80.3. The van der Waals surface area contributed by atoms with Gasteiger partial charge in [0, 0.05) is 12.8 Å². The van der Waals surface area contributed by atoms with Gasteiger partial charge in [-0.2, -0.15) is 0 Å². The molecular formula is C76H147NO5. The molecule has 1 amide bonds. The Balaban J connectivity index is 3.35. The van der Waals surface area contributed by atoms with Crippen LogP contribution in [0.4, 0.5) is 0 Å². The van der Waals surface area contributed by atoms with Crippen LogP contribution < -0.4 is 5.32 Å². The number of esters is 1. The molecule has 0 bridgehead atoms. The minimum Gasteiger partial charge on any atom is -0.466 e. The zero-order chi connectivity index (χ0) is 59.2. The minimum absolute atomic E-state index is 0.00626. The summed E-state index contributed by atoms with van der Waals surface area (Å²) in [7, 11) is 0. The van der Waals surface area contributed by atoms with Gasteiger partial charge in [0.05, 0.1) is 25.4 Å². The molecule has 0 radical (unpaired) electrons. The monoisotopic (exact) mass is 1150 g/mol. The summed E-state index contributed by atoms with van der Waals surface area (Å²) in [4.78, 5) is 24.6. The molecule has 6 nitrogen and oxygen atoms in total. The highest BCUT2D eigenvalue weighted by molar-refractivity contribution is 5.76. The van der Waals surface area contributed by atoms with Crippen LogP contribution in [0.1, 0.15) is 425 Å². The van der Waals surface area contributed by atoms with Gasteiger partial charge in [0.15, 0.2) is 0 Å². The van der Waals surface area contributed by atoms with Gasteiger partial charge in [-0.05, 0) is 57.8 Å². The van der Waals surface area contributed by atoms with E-state index in [1.807, 2.05) is 0 Å². The second-order valence-electron chi connectivity index (χ2n) is 26.0. The highest BCUT2D eigenvalue weighted by Gasteiger charge is 2.20. The summed E-state index contributed by atoms with van der Waals surface area (Å²) in [5.74, 6) is -0.0207. The van der Waals surface area contributed by atoms with Crippen molar-refractivity contribution in [2.24, 2.45) is 0 Å². The fourth-order valence-electron chi connectivity index (χ4n) is 12.0. The number of amides is 1. The van der Waals surface area contributed by atoms with E-state index in [9.17, 15) is 19.8 Å². The van der Waals surface area contributed by atoms with Crippen molar-refractivity contribution in [1.29, 1.82) is 0 Å². The predicted octanol–water partition coefficient (Wildman–Crippen LogP) is 24.5. The lowest BCUT2D eigenvalue weighted by molar-refractivity contribution is -0.143. The van der Waals surface area contributed by atoms with E-state index < -0.39 is 12.1 Å². The number of aliphatic hydroxyl groups excluding tert-OH is 2. The van der Waals surface area contributed by atoms with Crippen LogP contribution in [0.15, 0.2) is 24.3 Å². The van der Waals surface area contributed by atoms with Gasteiger partial charge in [0.1, 0.15) is 0 Å². The van der Waals surface area contributed by atoms with Gasteiger partial charge in [0.2, 0.25) is 5.91 Å². The van der Waals surface area contributed by atoms with Crippen LogP contribution in [0.5, 0.6) is 0 Å². The summed E-state index contributed by atoms with van der Waals surface area (Å²) in [6, 6.07) is -0.540. The van der Waals surface area contributed by atoms with Gasteiger partial charge in [-0.15, -0.1) is 0 Å². The summed E-state index contributed by atoms with van der Waals surface area (Å²) in [6.07, 6.45) is 91.0. The molecule has 0 saturated carbocycles. The number of nitrogens with one attached hydrogen (secondary N) is 1. The van der Waals surface area contributed by atoms with Crippen molar-refractivity contribution < 1.29 is 24.5 Å². The van der Waals surface area contributed by atoms with Gasteiger partial charge in [-0.25, -0.2) is 0 Å². The number of carbonyl (C=O) groups excluding carboxylic acids is 2. The Hall–Kier alpha value is -1.66. The highest BCUT2D eigenvalue weighted by atomic mass is 16.5. The lowest BCUT2D eigenvalue weighted by Crippen LogP contribution is -2.45. The van der Waals surface area contributed by atoms with Crippen LogP contribution in [0.25, 0.3) is 0 Å². The first-order chi connectivity index (χ1) is 40.5. The SMILES string of the molecule is CCCCCC/C=C\C/C=C\CCCCCCCC(=O)OCCCCCCCCCCCCCCCCCCCCCCCCCCCCCCC(=O)NC(CO)C(O)CCCCCCCCCCCCCCCCCCCCCCC. The second kappa shape index (κ2) is 71.8. The molecule has 6 heteroatoms. The maximum Gasteiger partial charge on any atom is 0.305 e. The quantitative estimate of drug-likeness (QED) is 0.0320. The summed E-state index contributed by atoms with van der Waals surface area (Å²) in [6.45, 7) is 4.98. The average Bonchev–Trinajstić information content (AvgIpc) is 3.48. The molecule has 0 rings (SSSR count). The van der Waals surface area contributed by atoms with E-state index in [1.54, 1.807) is 0 Å². The molecule has 3 N–H and O–H groups in total. The van der Waals surface area contributed by atoms with Crippen molar-refractivity contribution >= 4 is 11.9 Å². The van der Waals surface area contributed by atoms with E-state index in [-0.39, 0.29) is 18.5 Å². The summed E-state index contributed by atoms with van der Waals surface area (Å²) >= 11 is 0. The molecule has 0 aliphatic heterocycles. The van der Waals surface area contributed by atoms with Crippen molar-refractivity contribution in [3.8, 4) is 0 Å². The van der Waals surface area contributed by atoms with E-state index in [2.05, 4.69) is 43.5 Å². The average molecular weight is 1160 g/mol. The molecule has 2 unspecified atom stereocenters. The van der Waals surface area contributed by atoms with Gasteiger partial charge in [-0.1, -0.05) is 378 Å². The Morgan fingerprint density at radius 1 is 0.341 bits per heavy atom. The third-order valence-corrected chi connectivity index (χ3v) is 17.8. The third kappa shape index (κ3) is 67.5. The first-order valence-corrected chi connectivity index (χ1v) is 37.6. The van der Waals surface area contributed by atoms with Crippen LogP contribution in [0.2, 0.25) is 0 Å². The van der Waals surface area contributed by atoms with E-state index >= 15 is 0 Å². The number of hydrogen-bond acceptors (Lipinski definition) is 5. The smallest absolute Gasteiger partial charge is 0.305 e. The summed E-state index contributed by atoms with van der Waals surface area (Å²) in [5, 5.41) is 23.4. The van der Waals surface area contributed by atoms with Crippen molar-refractivity contribution in [3.63, 3.8) is 0 Å². The Kier molecular flexibility index (Phi) is 70.4. The zero-order valence-corrected chi connectivity index (χ0v) is 55.8. The van der Waals surface area contributed by atoms with Crippen molar-refractivity contribution in [1.82, 2.24) is 5.32 Å².